The van der Waals surface area contributed by atoms with Crippen LogP contribution in [0.25, 0.3) is 6.08 Å². The number of ether oxygens (including phenoxy) is 1. The molecule has 0 radical (unpaired) electrons. The normalized spacial score (nSPS) is 10.6. The van der Waals surface area contributed by atoms with Gasteiger partial charge in [-0.05, 0) is 60.2 Å². The predicted molar refractivity (Wildman–Crippen MR) is 102 cm³/mol. The third-order valence-corrected chi connectivity index (χ3v) is 3.61. The fourth-order valence-electron chi connectivity index (χ4n) is 2.20. The topological polar surface area (TPSA) is 38.3 Å². The Balaban J connectivity index is 1.58. The van der Waals surface area contributed by atoms with Crippen molar-refractivity contribution in [2.45, 2.75) is 0 Å². The lowest BCUT2D eigenvalue weighted by Gasteiger charge is -2.07. The van der Waals surface area contributed by atoms with Crippen molar-refractivity contribution in [3.63, 3.8) is 0 Å². The zero-order chi connectivity index (χ0) is 17.5. The Kier molecular flexibility index (Phi) is 5.50. The number of hydrogen-bond acceptors (Lipinski definition) is 2. The number of nitrogens with one attached hydrogen (secondary N) is 1. The molecule has 0 atom stereocenters. The van der Waals surface area contributed by atoms with Crippen LogP contribution in [0.2, 0.25) is 5.02 Å². The van der Waals surface area contributed by atoms with Crippen molar-refractivity contribution in [2.75, 3.05) is 5.32 Å². The molecule has 0 aliphatic heterocycles. The summed E-state index contributed by atoms with van der Waals surface area (Å²) in [7, 11) is 0. The first kappa shape index (κ1) is 16.8. The molecule has 0 spiro atoms. The predicted octanol–water partition coefficient (Wildman–Crippen LogP) is 5.78. The molecule has 1 amide bonds. The van der Waals surface area contributed by atoms with Gasteiger partial charge in [0.25, 0.3) is 0 Å². The molecule has 4 heteroatoms. The summed E-state index contributed by atoms with van der Waals surface area (Å²) >= 11 is 5.92. The van der Waals surface area contributed by atoms with Crippen LogP contribution in [-0.2, 0) is 4.79 Å². The van der Waals surface area contributed by atoms with Crippen LogP contribution in [-0.4, -0.2) is 5.91 Å². The van der Waals surface area contributed by atoms with Gasteiger partial charge in [0.1, 0.15) is 11.5 Å². The number of carbonyl (C=O) groups is 1. The minimum atomic E-state index is -0.211. The highest BCUT2D eigenvalue weighted by atomic mass is 35.5. The van der Waals surface area contributed by atoms with Crippen molar-refractivity contribution in [3.05, 3.63) is 95.5 Å². The smallest absolute Gasteiger partial charge is 0.248 e. The van der Waals surface area contributed by atoms with Crippen LogP contribution in [0.4, 0.5) is 5.69 Å². The average Bonchev–Trinajstić information content (AvgIpc) is 2.63. The van der Waals surface area contributed by atoms with Crippen molar-refractivity contribution in [1.82, 2.24) is 0 Å². The van der Waals surface area contributed by atoms with Crippen LogP contribution < -0.4 is 10.1 Å². The molecule has 25 heavy (non-hydrogen) atoms. The maximum atomic E-state index is 12.0. The molecule has 0 heterocycles. The lowest BCUT2D eigenvalue weighted by molar-refractivity contribution is -0.111. The summed E-state index contributed by atoms with van der Waals surface area (Å²) in [5, 5.41) is 3.44. The molecule has 1 N–H and O–H groups in total. The van der Waals surface area contributed by atoms with Gasteiger partial charge in [-0.15, -0.1) is 0 Å². The van der Waals surface area contributed by atoms with Crippen molar-refractivity contribution in [3.8, 4) is 11.5 Å². The Labute approximate surface area is 151 Å². The molecule has 124 valence electrons. The molecule has 0 aliphatic rings. The Morgan fingerprint density at radius 3 is 2.32 bits per heavy atom. The largest absolute Gasteiger partial charge is 0.457 e. The quantitative estimate of drug-likeness (QED) is 0.592. The highest BCUT2D eigenvalue weighted by molar-refractivity contribution is 6.30. The molecule has 0 aliphatic carbocycles. The maximum Gasteiger partial charge on any atom is 0.248 e. The summed E-state index contributed by atoms with van der Waals surface area (Å²) in [5.41, 5.74) is 1.57. The van der Waals surface area contributed by atoms with Crippen LogP contribution in [0.3, 0.4) is 0 Å². The van der Waals surface area contributed by atoms with Crippen LogP contribution in [0.5, 0.6) is 11.5 Å². The van der Waals surface area contributed by atoms with Gasteiger partial charge in [0.15, 0.2) is 0 Å². The number of para-hydroxylation sites is 1. The standard InChI is InChI=1S/C21H16ClNO2/c22-17-6-4-5-16(15-17)9-14-21(24)23-18-10-12-20(13-11-18)25-19-7-2-1-3-8-19/h1-15H,(H,23,24)/b14-9+. The molecule has 3 aromatic rings. The number of halogens is 1. The van der Waals surface area contributed by atoms with Crippen molar-refractivity contribution >= 4 is 29.3 Å². The zero-order valence-electron chi connectivity index (χ0n) is 13.4. The van der Waals surface area contributed by atoms with E-state index in [9.17, 15) is 4.79 Å². The zero-order valence-corrected chi connectivity index (χ0v) is 14.1. The van der Waals surface area contributed by atoms with E-state index in [-0.39, 0.29) is 5.91 Å². The van der Waals surface area contributed by atoms with Gasteiger partial charge in [0.2, 0.25) is 5.91 Å². The average molecular weight is 350 g/mol. The van der Waals surface area contributed by atoms with Gasteiger partial charge >= 0.3 is 0 Å². The highest BCUT2D eigenvalue weighted by Crippen LogP contribution is 2.22. The minimum absolute atomic E-state index is 0.211. The summed E-state index contributed by atoms with van der Waals surface area (Å²) in [4.78, 5) is 12.0. The second-order valence-corrected chi connectivity index (χ2v) is 5.75. The SMILES string of the molecule is O=C(/C=C/c1cccc(Cl)c1)Nc1ccc(Oc2ccccc2)cc1. The minimum Gasteiger partial charge on any atom is -0.457 e. The molecule has 3 nitrogen and oxygen atoms in total. The fraction of sp³-hybridized carbons (Fsp3) is 0. The molecule has 0 saturated heterocycles. The summed E-state index contributed by atoms with van der Waals surface area (Å²) in [5.74, 6) is 1.26. The lowest BCUT2D eigenvalue weighted by atomic mass is 10.2. The number of anilines is 1. The van der Waals surface area contributed by atoms with E-state index in [0.717, 1.165) is 11.3 Å². The Morgan fingerprint density at radius 1 is 0.880 bits per heavy atom. The molecule has 3 aromatic carbocycles. The Bertz CT molecular complexity index is 874. The van der Waals surface area contributed by atoms with Crippen LogP contribution in [0.15, 0.2) is 84.9 Å². The monoisotopic (exact) mass is 349 g/mol. The highest BCUT2D eigenvalue weighted by Gasteiger charge is 2.00. The van der Waals surface area contributed by atoms with Gasteiger partial charge in [-0.3, -0.25) is 4.79 Å². The fourth-order valence-corrected chi connectivity index (χ4v) is 2.40. The Morgan fingerprint density at radius 2 is 1.60 bits per heavy atom. The molecule has 0 unspecified atom stereocenters. The van der Waals surface area contributed by atoms with E-state index < -0.39 is 0 Å². The molecule has 3 rings (SSSR count). The van der Waals surface area contributed by atoms with Crippen molar-refractivity contribution < 1.29 is 9.53 Å². The van der Waals surface area contributed by atoms with Crippen LogP contribution in [0, 0.1) is 0 Å². The summed E-state index contributed by atoms with van der Waals surface area (Å²) in [6.45, 7) is 0. The first-order chi connectivity index (χ1) is 12.2. The molecule has 0 bridgehead atoms. The number of carbonyl (C=O) groups excluding carboxylic acids is 1. The van der Waals surface area contributed by atoms with Crippen LogP contribution >= 0.6 is 11.6 Å². The molecule has 0 fully saturated rings. The summed E-state index contributed by atoms with van der Waals surface area (Å²) in [6, 6.07) is 24.0. The van der Waals surface area contributed by atoms with E-state index in [4.69, 9.17) is 16.3 Å². The van der Waals surface area contributed by atoms with E-state index in [1.807, 2.05) is 54.6 Å². The van der Waals surface area contributed by atoms with Gasteiger partial charge in [-0.2, -0.15) is 0 Å². The van der Waals surface area contributed by atoms with E-state index in [1.165, 1.54) is 6.08 Å². The molecule has 0 aromatic heterocycles. The van der Waals surface area contributed by atoms with Crippen molar-refractivity contribution in [1.29, 1.82) is 0 Å². The second-order valence-electron chi connectivity index (χ2n) is 5.32. The van der Waals surface area contributed by atoms with Gasteiger partial charge < -0.3 is 10.1 Å². The number of amides is 1. The maximum absolute atomic E-state index is 12.0. The van der Waals surface area contributed by atoms with Gasteiger partial charge in [0, 0.05) is 16.8 Å². The third-order valence-electron chi connectivity index (χ3n) is 3.38. The molecular weight excluding hydrogens is 334 g/mol. The van der Waals surface area contributed by atoms with Gasteiger partial charge in [0.05, 0.1) is 0 Å². The van der Waals surface area contributed by atoms with E-state index in [2.05, 4.69) is 5.32 Å². The number of benzene rings is 3. The second kappa shape index (κ2) is 8.18. The first-order valence-corrected chi connectivity index (χ1v) is 8.14. The van der Waals surface area contributed by atoms with Crippen LogP contribution in [0.1, 0.15) is 5.56 Å². The van der Waals surface area contributed by atoms with Gasteiger partial charge in [-0.25, -0.2) is 0 Å². The van der Waals surface area contributed by atoms with E-state index in [0.29, 0.717) is 16.5 Å². The van der Waals surface area contributed by atoms with Gasteiger partial charge in [-0.1, -0.05) is 41.9 Å². The van der Waals surface area contributed by atoms with E-state index in [1.54, 1.807) is 30.3 Å². The summed E-state index contributed by atoms with van der Waals surface area (Å²) in [6.07, 6.45) is 3.19. The molecule has 0 saturated carbocycles. The third kappa shape index (κ3) is 5.23. The summed E-state index contributed by atoms with van der Waals surface area (Å²) < 4.78 is 5.72. The number of rotatable bonds is 5. The Hall–Kier alpha value is -3.04. The number of hydrogen-bond donors (Lipinski definition) is 1. The van der Waals surface area contributed by atoms with E-state index >= 15 is 0 Å². The molecular formula is C21H16ClNO2. The first-order valence-electron chi connectivity index (χ1n) is 7.77. The van der Waals surface area contributed by atoms with Crippen molar-refractivity contribution in [2.24, 2.45) is 0 Å². The lowest BCUT2D eigenvalue weighted by Crippen LogP contribution is -2.07.